The molecule has 88 valence electrons. The average Bonchev–Trinajstić information content (AvgIpc) is 2.70. The van der Waals surface area contributed by atoms with E-state index in [-0.39, 0.29) is 17.6 Å². The fraction of sp³-hybridized carbons (Fsp3) is 0.538. The third kappa shape index (κ3) is 2.53. The molecular formula is C13H18FNO. The first-order valence-electron chi connectivity index (χ1n) is 5.91. The van der Waals surface area contributed by atoms with Crippen LogP contribution in [0.15, 0.2) is 18.2 Å². The Kier molecular flexibility index (Phi) is 3.44. The number of phenols is 1. The molecule has 1 fully saturated rings. The van der Waals surface area contributed by atoms with Gasteiger partial charge in [0.25, 0.3) is 0 Å². The molecular weight excluding hydrogens is 205 g/mol. The molecule has 2 nitrogen and oxygen atoms in total. The predicted molar refractivity (Wildman–Crippen MR) is 61.9 cm³/mol. The van der Waals surface area contributed by atoms with Crippen LogP contribution in [0.4, 0.5) is 4.39 Å². The van der Waals surface area contributed by atoms with Gasteiger partial charge in [-0.3, -0.25) is 0 Å². The maximum absolute atomic E-state index is 13.6. The molecule has 1 aromatic carbocycles. The van der Waals surface area contributed by atoms with Crippen LogP contribution in [0.2, 0.25) is 0 Å². The molecule has 0 radical (unpaired) electrons. The largest absolute Gasteiger partial charge is 0.508 e. The minimum atomic E-state index is -0.335. The van der Waals surface area contributed by atoms with Crippen molar-refractivity contribution in [3.8, 4) is 5.75 Å². The molecule has 3 heteroatoms. The maximum atomic E-state index is 13.6. The third-order valence-corrected chi connectivity index (χ3v) is 3.29. The highest BCUT2D eigenvalue weighted by Gasteiger charge is 2.19. The number of benzene rings is 1. The minimum absolute atomic E-state index is 0.00343. The van der Waals surface area contributed by atoms with E-state index in [1.54, 1.807) is 6.07 Å². The lowest BCUT2D eigenvalue weighted by Gasteiger charge is -2.20. The van der Waals surface area contributed by atoms with E-state index in [0.29, 0.717) is 11.6 Å². The first-order valence-corrected chi connectivity index (χ1v) is 5.91. The smallest absolute Gasteiger partial charge is 0.131 e. The Hall–Kier alpha value is -1.09. The van der Waals surface area contributed by atoms with Crippen LogP contribution in [-0.4, -0.2) is 11.1 Å². The van der Waals surface area contributed by atoms with Crippen molar-refractivity contribution in [3.63, 3.8) is 0 Å². The SMILES string of the molecule is CC(NC1CCCC1)c1ccc(O)cc1F. The van der Waals surface area contributed by atoms with Gasteiger partial charge in [-0.15, -0.1) is 0 Å². The van der Waals surface area contributed by atoms with Gasteiger partial charge in [-0.25, -0.2) is 4.39 Å². The second-order valence-corrected chi connectivity index (χ2v) is 4.58. The van der Waals surface area contributed by atoms with E-state index >= 15 is 0 Å². The summed E-state index contributed by atoms with van der Waals surface area (Å²) >= 11 is 0. The van der Waals surface area contributed by atoms with E-state index in [0.717, 1.165) is 0 Å². The van der Waals surface area contributed by atoms with Gasteiger partial charge >= 0.3 is 0 Å². The molecule has 16 heavy (non-hydrogen) atoms. The van der Waals surface area contributed by atoms with Gasteiger partial charge in [0.15, 0.2) is 0 Å². The van der Waals surface area contributed by atoms with Crippen LogP contribution >= 0.6 is 0 Å². The Balaban J connectivity index is 2.04. The molecule has 1 aliphatic carbocycles. The fourth-order valence-corrected chi connectivity index (χ4v) is 2.40. The van der Waals surface area contributed by atoms with Crippen molar-refractivity contribution < 1.29 is 9.50 Å². The van der Waals surface area contributed by atoms with Crippen LogP contribution in [0.3, 0.4) is 0 Å². The number of phenolic OH excluding ortho intramolecular Hbond substituents is 1. The topological polar surface area (TPSA) is 32.3 Å². The summed E-state index contributed by atoms with van der Waals surface area (Å²) in [6.07, 6.45) is 4.90. The lowest BCUT2D eigenvalue weighted by atomic mass is 10.1. The third-order valence-electron chi connectivity index (χ3n) is 3.29. The van der Waals surface area contributed by atoms with Crippen molar-refractivity contribution in [2.45, 2.75) is 44.7 Å². The van der Waals surface area contributed by atoms with Crippen LogP contribution < -0.4 is 5.32 Å². The summed E-state index contributed by atoms with van der Waals surface area (Å²) in [5.41, 5.74) is 0.629. The quantitative estimate of drug-likeness (QED) is 0.825. The first kappa shape index (κ1) is 11.4. The van der Waals surface area contributed by atoms with E-state index in [9.17, 15) is 4.39 Å². The highest BCUT2D eigenvalue weighted by Crippen LogP contribution is 2.24. The van der Waals surface area contributed by atoms with Gasteiger partial charge < -0.3 is 10.4 Å². The van der Waals surface area contributed by atoms with Crippen LogP contribution in [0.1, 0.15) is 44.2 Å². The zero-order valence-electron chi connectivity index (χ0n) is 9.54. The molecule has 1 saturated carbocycles. The lowest BCUT2D eigenvalue weighted by Crippen LogP contribution is -2.29. The molecule has 0 aliphatic heterocycles. The van der Waals surface area contributed by atoms with Crippen molar-refractivity contribution in [1.82, 2.24) is 5.32 Å². The summed E-state index contributed by atoms with van der Waals surface area (Å²) in [5.74, 6) is -0.354. The molecule has 1 atom stereocenters. The molecule has 2 N–H and O–H groups in total. The van der Waals surface area contributed by atoms with Gasteiger partial charge in [-0.05, 0) is 25.8 Å². The number of rotatable bonds is 3. The van der Waals surface area contributed by atoms with E-state index in [4.69, 9.17) is 5.11 Å². The summed E-state index contributed by atoms with van der Waals surface area (Å²) in [5, 5.41) is 12.6. The van der Waals surface area contributed by atoms with E-state index in [1.807, 2.05) is 6.92 Å². The average molecular weight is 223 g/mol. The van der Waals surface area contributed by atoms with Crippen molar-refractivity contribution in [1.29, 1.82) is 0 Å². The van der Waals surface area contributed by atoms with Crippen LogP contribution in [0.5, 0.6) is 5.75 Å². The minimum Gasteiger partial charge on any atom is -0.508 e. The number of hydrogen-bond donors (Lipinski definition) is 2. The highest BCUT2D eigenvalue weighted by atomic mass is 19.1. The Morgan fingerprint density at radius 3 is 2.69 bits per heavy atom. The summed E-state index contributed by atoms with van der Waals surface area (Å²) in [6, 6.07) is 4.87. The normalized spacial score (nSPS) is 18.9. The van der Waals surface area contributed by atoms with Gasteiger partial charge in [0, 0.05) is 23.7 Å². The molecule has 1 unspecified atom stereocenters. The Morgan fingerprint density at radius 2 is 2.06 bits per heavy atom. The molecule has 1 aliphatic rings. The monoisotopic (exact) mass is 223 g/mol. The molecule has 0 spiro atoms. The van der Waals surface area contributed by atoms with Gasteiger partial charge in [-0.1, -0.05) is 18.9 Å². The van der Waals surface area contributed by atoms with Crippen LogP contribution in [0.25, 0.3) is 0 Å². The number of aromatic hydroxyl groups is 1. The van der Waals surface area contributed by atoms with Gasteiger partial charge in [0.1, 0.15) is 11.6 Å². The number of hydrogen-bond acceptors (Lipinski definition) is 2. The molecule has 0 aromatic heterocycles. The van der Waals surface area contributed by atoms with Crippen molar-refractivity contribution in [2.75, 3.05) is 0 Å². The predicted octanol–water partition coefficient (Wildman–Crippen LogP) is 3.12. The van der Waals surface area contributed by atoms with Crippen LogP contribution in [0, 0.1) is 5.82 Å². The van der Waals surface area contributed by atoms with Gasteiger partial charge in [0.05, 0.1) is 0 Å². The molecule has 0 heterocycles. The van der Waals surface area contributed by atoms with Gasteiger partial charge in [-0.2, -0.15) is 0 Å². The Morgan fingerprint density at radius 1 is 1.38 bits per heavy atom. The molecule has 1 aromatic rings. The standard InChI is InChI=1S/C13H18FNO/c1-9(15-10-4-2-3-5-10)12-7-6-11(16)8-13(12)14/h6-10,15-16H,2-5H2,1H3. The van der Waals surface area contributed by atoms with Crippen molar-refractivity contribution >= 4 is 0 Å². The summed E-state index contributed by atoms with van der Waals surface area (Å²) < 4.78 is 13.6. The molecule has 2 rings (SSSR count). The Bertz CT molecular complexity index is 361. The van der Waals surface area contributed by atoms with Gasteiger partial charge in [0.2, 0.25) is 0 Å². The molecule has 0 saturated heterocycles. The summed E-state index contributed by atoms with van der Waals surface area (Å²) in [6.45, 7) is 1.97. The molecule has 0 amide bonds. The Labute approximate surface area is 95.5 Å². The second kappa shape index (κ2) is 4.83. The molecule has 0 bridgehead atoms. The lowest BCUT2D eigenvalue weighted by molar-refractivity contribution is 0.440. The van der Waals surface area contributed by atoms with Crippen molar-refractivity contribution in [2.24, 2.45) is 0 Å². The van der Waals surface area contributed by atoms with Crippen LogP contribution in [-0.2, 0) is 0 Å². The van der Waals surface area contributed by atoms with Crippen molar-refractivity contribution in [3.05, 3.63) is 29.6 Å². The summed E-state index contributed by atoms with van der Waals surface area (Å²) in [7, 11) is 0. The number of halogens is 1. The number of nitrogens with one attached hydrogen (secondary N) is 1. The van der Waals surface area contributed by atoms with E-state index in [2.05, 4.69) is 5.32 Å². The van der Waals surface area contributed by atoms with E-state index < -0.39 is 0 Å². The maximum Gasteiger partial charge on any atom is 0.131 e. The first-order chi connectivity index (χ1) is 7.66. The zero-order valence-corrected chi connectivity index (χ0v) is 9.54. The second-order valence-electron chi connectivity index (χ2n) is 4.58. The zero-order chi connectivity index (χ0) is 11.5. The van der Waals surface area contributed by atoms with E-state index in [1.165, 1.54) is 37.8 Å². The highest BCUT2D eigenvalue weighted by molar-refractivity contribution is 5.29. The fourth-order valence-electron chi connectivity index (χ4n) is 2.40. The summed E-state index contributed by atoms with van der Waals surface area (Å²) in [4.78, 5) is 0.